The molecule has 196 valence electrons. The molecular weight excluding hydrogens is 491 g/mol. The number of pyridine rings is 1. The van der Waals surface area contributed by atoms with E-state index in [1.165, 1.54) is 12.1 Å². The smallest absolute Gasteiger partial charge is 0.268 e. The SMILES string of the molecule is Cc1ccc(C(=O)NC(C)(C)c2ccccc2)cc1-c1cn2c(C(N)=O)c(-c3ccc(F)cc3)nc2cc1C. The van der Waals surface area contributed by atoms with Gasteiger partial charge in [0.25, 0.3) is 11.8 Å². The summed E-state index contributed by atoms with van der Waals surface area (Å²) in [5.41, 5.74) is 12.0. The Balaban J connectivity index is 1.58. The number of hydrogen-bond acceptors (Lipinski definition) is 3. The van der Waals surface area contributed by atoms with Gasteiger partial charge < -0.3 is 11.1 Å². The number of imidazole rings is 1. The number of hydrogen-bond donors (Lipinski definition) is 2. The number of amides is 2. The molecule has 2 amide bonds. The van der Waals surface area contributed by atoms with Crippen LogP contribution in [0.3, 0.4) is 0 Å². The molecule has 0 saturated carbocycles. The van der Waals surface area contributed by atoms with Crippen LogP contribution in [0.25, 0.3) is 28.0 Å². The summed E-state index contributed by atoms with van der Waals surface area (Å²) in [6, 6.07) is 23.1. The van der Waals surface area contributed by atoms with E-state index in [0.29, 0.717) is 22.5 Å². The maximum Gasteiger partial charge on any atom is 0.268 e. The van der Waals surface area contributed by atoms with E-state index in [2.05, 4.69) is 10.3 Å². The van der Waals surface area contributed by atoms with Crippen molar-refractivity contribution >= 4 is 17.5 Å². The van der Waals surface area contributed by atoms with Crippen LogP contribution in [0.1, 0.15) is 51.4 Å². The first-order valence-electron chi connectivity index (χ1n) is 12.6. The van der Waals surface area contributed by atoms with Crippen molar-refractivity contribution in [2.75, 3.05) is 0 Å². The number of nitrogens with zero attached hydrogens (tertiary/aromatic N) is 2. The van der Waals surface area contributed by atoms with Gasteiger partial charge in [-0.05, 0) is 92.4 Å². The van der Waals surface area contributed by atoms with Crippen molar-refractivity contribution in [1.82, 2.24) is 14.7 Å². The lowest BCUT2D eigenvalue weighted by atomic mass is 9.93. The number of fused-ring (bicyclic) bond motifs is 1. The molecule has 0 atom stereocenters. The first kappa shape index (κ1) is 25.9. The third kappa shape index (κ3) is 4.91. The molecule has 0 aliphatic rings. The Bertz CT molecular complexity index is 1720. The Labute approximate surface area is 226 Å². The molecule has 0 saturated heterocycles. The van der Waals surface area contributed by atoms with Gasteiger partial charge in [0, 0.05) is 22.9 Å². The molecule has 0 aliphatic heterocycles. The highest BCUT2D eigenvalue weighted by molar-refractivity contribution is 5.99. The van der Waals surface area contributed by atoms with Gasteiger partial charge in [0.2, 0.25) is 0 Å². The molecule has 6 nitrogen and oxygen atoms in total. The summed E-state index contributed by atoms with van der Waals surface area (Å²) in [5.74, 6) is -1.22. The third-order valence-corrected chi connectivity index (χ3v) is 7.03. The predicted octanol–water partition coefficient (Wildman–Crippen LogP) is 6.19. The van der Waals surface area contributed by atoms with Gasteiger partial charge in [-0.25, -0.2) is 9.37 Å². The number of carbonyl (C=O) groups excluding carboxylic acids is 2. The zero-order chi connectivity index (χ0) is 27.9. The number of primary amides is 1. The summed E-state index contributed by atoms with van der Waals surface area (Å²) < 4.78 is 15.2. The normalized spacial score (nSPS) is 11.5. The monoisotopic (exact) mass is 520 g/mol. The summed E-state index contributed by atoms with van der Waals surface area (Å²) in [7, 11) is 0. The van der Waals surface area contributed by atoms with Gasteiger partial charge in [0.05, 0.1) is 5.54 Å². The first-order valence-corrected chi connectivity index (χ1v) is 12.6. The van der Waals surface area contributed by atoms with Crippen molar-refractivity contribution in [3.8, 4) is 22.4 Å². The molecule has 0 bridgehead atoms. The largest absolute Gasteiger partial charge is 0.364 e. The van der Waals surface area contributed by atoms with Gasteiger partial charge in [0.15, 0.2) is 0 Å². The van der Waals surface area contributed by atoms with Gasteiger partial charge in [0.1, 0.15) is 22.9 Å². The molecule has 3 aromatic carbocycles. The molecule has 5 rings (SSSR count). The van der Waals surface area contributed by atoms with Gasteiger partial charge in [-0.1, -0.05) is 36.4 Å². The van der Waals surface area contributed by atoms with Crippen molar-refractivity contribution in [2.24, 2.45) is 5.73 Å². The van der Waals surface area contributed by atoms with Crippen molar-refractivity contribution < 1.29 is 14.0 Å². The van der Waals surface area contributed by atoms with E-state index in [0.717, 1.165) is 27.8 Å². The van der Waals surface area contributed by atoms with E-state index in [1.54, 1.807) is 16.5 Å². The Morgan fingerprint density at radius 1 is 0.897 bits per heavy atom. The van der Waals surface area contributed by atoms with E-state index in [1.807, 2.05) is 88.5 Å². The number of nitrogens with two attached hydrogens (primary N) is 1. The molecule has 0 radical (unpaired) electrons. The molecule has 3 N–H and O–H groups in total. The highest BCUT2D eigenvalue weighted by atomic mass is 19.1. The van der Waals surface area contributed by atoms with Crippen LogP contribution in [0, 0.1) is 19.7 Å². The summed E-state index contributed by atoms with van der Waals surface area (Å²) in [6.45, 7) is 7.87. The van der Waals surface area contributed by atoms with Crippen LogP contribution in [0.15, 0.2) is 85.1 Å². The second kappa shape index (κ2) is 9.83. The molecule has 5 aromatic rings. The number of halogens is 1. The fraction of sp³-hybridized carbons (Fsp3) is 0.156. The minimum absolute atomic E-state index is 0.192. The van der Waals surface area contributed by atoms with Crippen LogP contribution in [-0.2, 0) is 5.54 Å². The Morgan fingerprint density at radius 3 is 2.26 bits per heavy atom. The lowest BCUT2D eigenvalue weighted by Gasteiger charge is -2.27. The second-order valence-electron chi connectivity index (χ2n) is 10.3. The molecule has 39 heavy (non-hydrogen) atoms. The number of carbonyl (C=O) groups is 2. The number of nitrogens with one attached hydrogen (secondary N) is 1. The van der Waals surface area contributed by atoms with Gasteiger partial charge >= 0.3 is 0 Å². The van der Waals surface area contributed by atoms with E-state index >= 15 is 0 Å². The fourth-order valence-corrected chi connectivity index (χ4v) is 4.85. The Kier molecular flexibility index (Phi) is 6.52. The zero-order valence-electron chi connectivity index (χ0n) is 22.2. The lowest BCUT2D eigenvalue weighted by molar-refractivity contribution is 0.0911. The summed E-state index contributed by atoms with van der Waals surface area (Å²) in [6.07, 6.45) is 1.82. The molecule has 0 fully saturated rings. The standard InChI is InChI=1S/C32H29FN4O2/c1-19-10-11-22(31(39)36-32(3,4)23-8-6-5-7-9-23)17-25(19)26-18-37-27(16-20(26)2)35-28(29(37)30(34)38)21-12-14-24(33)15-13-21/h5-18H,1-4H3,(H2,34,38)(H,36,39). The van der Waals surface area contributed by atoms with E-state index in [-0.39, 0.29) is 17.4 Å². The van der Waals surface area contributed by atoms with Crippen molar-refractivity contribution in [1.29, 1.82) is 0 Å². The van der Waals surface area contributed by atoms with Crippen LogP contribution in [0.5, 0.6) is 0 Å². The highest BCUT2D eigenvalue weighted by Crippen LogP contribution is 2.32. The van der Waals surface area contributed by atoms with Gasteiger partial charge in [-0.2, -0.15) is 0 Å². The third-order valence-electron chi connectivity index (χ3n) is 7.03. The van der Waals surface area contributed by atoms with Gasteiger partial charge in [-0.15, -0.1) is 0 Å². The lowest BCUT2D eigenvalue weighted by Crippen LogP contribution is -2.41. The molecular formula is C32H29FN4O2. The maximum atomic E-state index is 13.5. The average Bonchev–Trinajstić information content (AvgIpc) is 3.27. The zero-order valence-corrected chi connectivity index (χ0v) is 22.2. The minimum atomic E-state index is -0.648. The van der Waals surface area contributed by atoms with E-state index < -0.39 is 11.4 Å². The van der Waals surface area contributed by atoms with Crippen LogP contribution in [0.4, 0.5) is 4.39 Å². The van der Waals surface area contributed by atoms with Crippen LogP contribution in [0.2, 0.25) is 0 Å². The molecule has 0 unspecified atom stereocenters. The number of rotatable bonds is 6. The molecule has 0 spiro atoms. The van der Waals surface area contributed by atoms with E-state index in [9.17, 15) is 14.0 Å². The molecule has 2 aromatic heterocycles. The molecule has 0 aliphatic carbocycles. The summed E-state index contributed by atoms with van der Waals surface area (Å²) in [5, 5.41) is 3.14. The van der Waals surface area contributed by atoms with Crippen LogP contribution in [-0.4, -0.2) is 21.2 Å². The quantitative estimate of drug-likeness (QED) is 0.280. The average molecular weight is 521 g/mol. The first-order chi connectivity index (χ1) is 18.5. The molecule has 2 heterocycles. The number of aryl methyl sites for hydroxylation is 2. The van der Waals surface area contributed by atoms with Crippen LogP contribution >= 0.6 is 0 Å². The van der Waals surface area contributed by atoms with Gasteiger partial charge in [-0.3, -0.25) is 14.0 Å². The van der Waals surface area contributed by atoms with Crippen molar-refractivity contribution in [3.63, 3.8) is 0 Å². The fourth-order valence-electron chi connectivity index (χ4n) is 4.85. The summed E-state index contributed by atoms with van der Waals surface area (Å²) in [4.78, 5) is 30.5. The second-order valence-corrected chi connectivity index (χ2v) is 10.3. The predicted molar refractivity (Wildman–Crippen MR) is 151 cm³/mol. The number of aromatic nitrogens is 2. The Hall–Kier alpha value is -4.78. The Morgan fingerprint density at radius 2 is 1.59 bits per heavy atom. The minimum Gasteiger partial charge on any atom is -0.364 e. The maximum absolute atomic E-state index is 13.5. The van der Waals surface area contributed by atoms with Crippen molar-refractivity contribution in [3.05, 3.63) is 119 Å². The highest BCUT2D eigenvalue weighted by Gasteiger charge is 2.24. The molecule has 7 heteroatoms. The topological polar surface area (TPSA) is 89.5 Å². The van der Waals surface area contributed by atoms with E-state index in [4.69, 9.17) is 5.73 Å². The summed E-state index contributed by atoms with van der Waals surface area (Å²) >= 11 is 0. The number of benzene rings is 3. The van der Waals surface area contributed by atoms with Crippen LogP contribution < -0.4 is 11.1 Å². The van der Waals surface area contributed by atoms with Crippen molar-refractivity contribution in [2.45, 2.75) is 33.2 Å².